The summed E-state index contributed by atoms with van der Waals surface area (Å²) in [6.07, 6.45) is 0. The summed E-state index contributed by atoms with van der Waals surface area (Å²) in [4.78, 5) is 22.8. The third-order valence-electron chi connectivity index (χ3n) is 3.41. The summed E-state index contributed by atoms with van der Waals surface area (Å²) in [6.45, 7) is 5.37. The Hall–Kier alpha value is -3.10. The highest BCUT2D eigenvalue weighted by molar-refractivity contribution is 5.87. The summed E-state index contributed by atoms with van der Waals surface area (Å²) in [5.74, 6) is 4.50. The molecule has 0 aliphatic heterocycles. The van der Waals surface area contributed by atoms with Crippen LogP contribution in [0.25, 0.3) is 0 Å². The molecule has 3 N–H and O–H groups in total. The van der Waals surface area contributed by atoms with E-state index >= 15 is 0 Å². The van der Waals surface area contributed by atoms with Crippen molar-refractivity contribution < 1.29 is 19.4 Å². The van der Waals surface area contributed by atoms with Crippen molar-refractivity contribution >= 4 is 11.9 Å². The lowest BCUT2D eigenvalue weighted by Gasteiger charge is -2.22. The second kappa shape index (κ2) is 7.85. The van der Waals surface area contributed by atoms with Gasteiger partial charge in [0.1, 0.15) is 11.6 Å². The van der Waals surface area contributed by atoms with E-state index in [0.717, 1.165) is 5.56 Å². The van der Waals surface area contributed by atoms with E-state index in [-0.39, 0.29) is 5.56 Å². The Morgan fingerprint density at radius 2 is 1.42 bits per heavy atom. The number of rotatable bonds is 3. The van der Waals surface area contributed by atoms with Crippen LogP contribution in [-0.2, 0) is 9.53 Å². The number of esters is 1. The average molecular weight is 351 g/mol. The predicted molar refractivity (Wildman–Crippen MR) is 98.6 cm³/mol. The number of carboxylic acids is 1. The molecular formula is C21H21NO4. The zero-order valence-electron chi connectivity index (χ0n) is 14.9. The van der Waals surface area contributed by atoms with Crippen LogP contribution >= 0.6 is 0 Å². The van der Waals surface area contributed by atoms with Crippen LogP contribution in [-0.4, -0.2) is 22.6 Å². The second-order valence-corrected chi connectivity index (χ2v) is 6.77. The number of benzene rings is 2. The monoisotopic (exact) mass is 351 g/mol. The number of carbonyl (C=O) groups excluding carboxylic acids is 1. The van der Waals surface area contributed by atoms with Crippen LogP contribution in [0.3, 0.4) is 0 Å². The van der Waals surface area contributed by atoms with E-state index in [2.05, 4.69) is 11.8 Å². The van der Waals surface area contributed by atoms with Gasteiger partial charge in [-0.3, -0.25) is 0 Å². The van der Waals surface area contributed by atoms with E-state index < -0.39 is 23.6 Å². The Bertz CT molecular complexity index is 850. The number of hydrogen-bond acceptors (Lipinski definition) is 4. The quantitative estimate of drug-likeness (QED) is 0.655. The van der Waals surface area contributed by atoms with Crippen LogP contribution in [0.5, 0.6) is 0 Å². The number of nitrogens with two attached hydrogens (primary N) is 1. The van der Waals surface area contributed by atoms with Crippen molar-refractivity contribution in [2.75, 3.05) is 0 Å². The maximum Gasteiger partial charge on any atom is 0.335 e. The molecule has 2 aromatic carbocycles. The standard InChI is InChI=1S/C21H21NO4/c1-21(2,3)26-20(25)18(22)16-10-6-14(7-11-16)4-5-15-8-12-17(13-9-15)19(23)24/h6-13,18H,22H2,1-3H3,(H,23,24). The third kappa shape index (κ3) is 5.47. The largest absolute Gasteiger partial charge is 0.478 e. The van der Waals surface area contributed by atoms with Crippen molar-refractivity contribution in [3.8, 4) is 11.8 Å². The molecule has 0 radical (unpaired) electrons. The van der Waals surface area contributed by atoms with Crippen LogP contribution in [0.4, 0.5) is 0 Å². The molecule has 0 aliphatic rings. The normalized spacial score (nSPS) is 11.8. The summed E-state index contributed by atoms with van der Waals surface area (Å²) in [5, 5.41) is 8.88. The van der Waals surface area contributed by atoms with Gasteiger partial charge in [0.2, 0.25) is 0 Å². The van der Waals surface area contributed by atoms with Gasteiger partial charge in [-0.15, -0.1) is 0 Å². The second-order valence-electron chi connectivity index (χ2n) is 6.77. The number of ether oxygens (including phenoxy) is 1. The van der Waals surface area contributed by atoms with Gasteiger partial charge in [-0.2, -0.15) is 0 Å². The number of carbonyl (C=O) groups is 2. The van der Waals surface area contributed by atoms with Crippen molar-refractivity contribution in [2.24, 2.45) is 5.73 Å². The van der Waals surface area contributed by atoms with Crippen LogP contribution in [0.2, 0.25) is 0 Å². The summed E-state index contributed by atoms with van der Waals surface area (Å²) < 4.78 is 5.28. The molecule has 0 aromatic heterocycles. The first kappa shape index (κ1) is 19.2. The van der Waals surface area contributed by atoms with Crippen LogP contribution in [0.15, 0.2) is 48.5 Å². The third-order valence-corrected chi connectivity index (χ3v) is 3.41. The lowest BCUT2D eigenvalue weighted by Crippen LogP contribution is -2.31. The molecule has 5 heteroatoms. The molecule has 0 amide bonds. The fourth-order valence-electron chi connectivity index (χ4n) is 2.12. The predicted octanol–water partition coefficient (Wildman–Crippen LogP) is 3.13. The van der Waals surface area contributed by atoms with Gasteiger partial charge >= 0.3 is 11.9 Å². The van der Waals surface area contributed by atoms with Gasteiger partial charge in [0, 0.05) is 11.1 Å². The molecule has 2 rings (SSSR count). The zero-order valence-corrected chi connectivity index (χ0v) is 14.9. The molecule has 5 nitrogen and oxygen atoms in total. The fourth-order valence-corrected chi connectivity index (χ4v) is 2.12. The maximum atomic E-state index is 12.0. The molecule has 0 bridgehead atoms. The van der Waals surface area contributed by atoms with Crippen molar-refractivity contribution in [1.82, 2.24) is 0 Å². The molecule has 2 aromatic rings. The highest BCUT2D eigenvalue weighted by Gasteiger charge is 2.23. The fraction of sp³-hybridized carbons (Fsp3) is 0.238. The topological polar surface area (TPSA) is 89.6 Å². The SMILES string of the molecule is CC(C)(C)OC(=O)C(N)c1ccc(C#Cc2ccc(C(=O)O)cc2)cc1. The maximum absolute atomic E-state index is 12.0. The van der Waals surface area contributed by atoms with Crippen molar-refractivity contribution in [3.63, 3.8) is 0 Å². The van der Waals surface area contributed by atoms with Gasteiger partial charge in [-0.05, 0) is 62.7 Å². The molecule has 0 saturated carbocycles. The highest BCUT2D eigenvalue weighted by atomic mass is 16.6. The first-order valence-electron chi connectivity index (χ1n) is 8.09. The Morgan fingerprint density at radius 3 is 1.85 bits per heavy atom. The van der Waals surface area contributed by atoms with Crippen molar-refractivity contribution in [2.45, 2.75) is 32.4 Å². The van der Waals surface area contributed by atoms with Gasteiger partial charge < -0.3 is 15.6 Å². The van der Waals surface area contributed by atoms with E-state index in [1.165, 1.54) is 12.1 Å². The molecule has 0 spiro atoms. The van der Waals surface area contributed by atoms with Gasteiger partial charge in [0.15, 0.2) is 0 Å². The Labute approximate surface area is 152 Å². The van der Waals surface area contributed by atoms with E-state index in [4.69, 9.17) is 15.6 Å². The summed E-state index contributed by atoms with van der Waals surface area (Å²) >= 11 is 0. The van der Waals surface area contributed by atoms with E-state index in [0.29, 0.717) is 11.1 Å². The number of hydrogen-bond donors (Lipinski definition) is 2. The first-order valence-corrected chi connectivity index (χ1v) is 8.09. The van der Waals surface area contributed by atoms with E-state index in [9.17, 15) is 9.59 Å². The van der Waals surface area contributed by atoms with Crippen molar-refractivity contribution in [3.05, 3.63) is 70.8 Å². The van der Waals surface area contributed by atoms with Crippen LogP contribution in [0, 0.1) is 11.8 Å². The molecule has 134 valence electrons. The Balaban J connectivity index is 2.08. The highest BCUT2D eigenvalue weighted by Crippen LogP contribution is 2.17. The molecule has 1 unspecified atom stereocenters. The van der Waals surface area contributed by atoms with Gasteiger partial charge in [0.05, 0.1) is 5.56 Å². The van der Waals surface area contributed by atoms with Gasteiger partial charge in [-0.1, -0.05) is 24.0 Å². The molecule has 0 saturated heterocycles. The molecule has 26 heavy (non-hydrogen) atoms. The molecule has 1 atom stereocenters. The molecule has 0 aliphatic carbocycles. The minimum atomic E-state index is -0.971. The van der Waals surface area contributed by atoms with E-state index in [1.54, 1.807) is 57.2 Å². The Morgan fingerprint density at radius 1 is 0.962 bits per heavy atom. The Kier molecular flexibility index (Phi) is 5.81. The molecule has 0 heterocycles. The average Bonchev–Trinajstić information content (AvgIpc) is 2.58. The lowest BCUT2D eigenvalue weighted by atomic mass is 10.0. The molecular weight excluding hydrogens is 330 g/mol. The van der Waals surface area contributed by atoms with E-state index in [1.807, 2.05) is 0 Å². The number of carboxylic acid groups (broad SMARTS) is 1. The minimum absolute atomic E-state index is 0.219. The van der Waals surface area contributed by atoms with Crippen LogP contribution < -0.4 is 5.73 Å². The minimum Gasteiger partial charge on any atom is -0.478 e. The lowest BCUT2D eigenvalue weighted by molar-refractivity contribution is -0.156. The molecule has 0 fully saturated rings. The van der Waals surface area contributed by atoms with Crippen LogP contribution in [0.1, 0.15) is 53.9 Å². The first-order chi connectivity index (χ1) is 12.2. The summed E-state index contributed by atoms with van der Waals surface area (Å²) in [5.41, 5.74) is 7.69. The zero-order chi connectivity index (χ0) is 19.3. The van der Waals surface area contributed by atoms with Crippen molar-refractivity contribution in [1.29, 1.82) is 0 Å². The summed E-state index contributed by atoms with van der Waals surface area (Å²) in [6, 6.07) is 12.5. The summed E-state index contributed by atoms with van der Waals surface area (Å²) in [7, 11) is 0. The van der Waals surface area contributed by atoms with Gasteiger partial charge in [-0.25, -0.2) is 9.59 Å². The smallest absolute Gasteiger partial charge is 0.335 e. The number of aromatic carboxylic acids is 1. The van der Waals surface area contributed by atoms with Gasteiger partial charge in [0.25, 0.3) is 0 Å².